The van der Waals surface area contributed by atoms with Crippen molar-refractivity contribution >= 4 is 22.5 Å². The van der Waals surface area contributed by atoms with Crippen molar-refractivity contribution in [3.63, 3.8) is 0 Å². The zero-order valence-corrected chi connectivity index (χ0v) is 12.9. The van der Waals surface area contributed by atoms with Gasteiger partial charge in [0.05, 0.1) is 25.3 Å². The first-order valence-corrected chi connectivity index (χ1v) is 7.64. The molecule has 3 rings (SSSR count). The molecule has 0 unspecified atom stereocenters. The van der Waals surface area contributed by atoms with Crippen LogP contribution in [-0.2, 0) is 4.74 Å². The molecule has 1 aromatic heterocycles. The van der Waals surface area contributed by atoms with Gasteiger partial charge in [0.2, 0.25) is 0 Å². The Hall–Kier alpha value is -1.50. The van der Waals surface area contributed by atoms with Crippen molar-refractivity contribution in [2.45, 2.75) is 6.42 Å². The number of rotatable bonds is 5. The lowest BCUT2D eigenvalue weighted by atomic mass is 10.2. The van der Waals surface area contributed by atoms with Crippen molar-refractivity contribution < 1.29 is 13.9 Å². The van der Waals surface area contributed by atoms with E-state index in [9.17, 15) is 4.39 Å². The molecule has 1 fully saturated rings. The van der Waals surface area contributed by atoms with E-state index in [1.165, 1.54) is 12.4 Å². The molecule has 0 aliphatic carbocycles. The van der Waals surface area contributed by atoms with Crippen LogP contribution in [0.4, 0.5) is 4.39 Å². The van der Waals surface area contributed by atoms with Crippen molar-refractivity contribution in [3.05, 3.63) is 29.4 Å². The minimum atomic E-state index is -0.436. The highest BCUT2D eigenvalue weighted by atomic mass is 35.5. The largest absolute Gasteiger partial charge is 0.490 e. The molecule has 5 nitrogen and oxygen atoms in total. The van der Waals surface area contributed by atoms with E-state index in [0.29, 0.717) is 22.7 Å². The monoisotopic (exact) mass is 325 g/mol. The van der Waals surface area contributed by atoms with E-state index in [1.54, 1.807) is 6.07 Å². The average molecular weight is 326 g/mol. The minimum Gasteiger partial charge on any atom is -0.490 e. The van der Waals surface area contributed by atoms with Gasteiger partial charge < -0.3 is 9.47 Å². The number of fused-ring (bicyclic) bond motifs is 1. The summed E-state index contributed by atoms with van der Waals surface area (Å²) in [6.45, 7) is 4.80. The molecule has 1 aromatic carbocycles. The normalized spacial score (nSPS) is 16.1. The van der Waals surface area contributed by atoms with Crippen LogP contribution in [0.5, 0.6) is 5.75 Å². The van der Waals surface area contributed by atoms with Crippen molar-refractivity contribution in [3.8, 4) is 5.75 Å². The first-order chi connectivity index (χ1) is 10.7. The van der Waals surface area contributed by atoms with Crippen molar-refractivity contribution in [1.82, 2.24) is 14.9 Å². The van der Waals surface area contributed by atoms with Crippen LogP contribution in [-0.4, -0.2) is 54.3 Å². The van der Waals surface area contributed by atoms with Gasteiger partial charge in [0, 0.05) is 31.1 Å². The summed E-state index contributed by atoms with van der Waals surface area (Å²) in [5.74, 6) is -0.250. The van der Waals surface area contributed by atoms with Gasteiger partial charge in [-0.1, -0.05) is 11.6 Å². The molecule has 0 amide bonds. The number of morpholine rings is 1. The summed E-state index contributed by atoms with van der Waals surface area (Å²) in [6.07, 6.45) is 2.14. The Balaban J connectivity index is 1.59. The zero-order chi connectivity index (χ0) is 15.4. The topological polar surface area (TPSA) is 47.5 Å². The van der Waals surface area contributed by atoms with Crippen LogP contribution in [0.15, 0.2) is 18.5 Å². The number of hydrogen-bond donors (Lipinski definition) is 0. The molecule has 0 bridgehead atoms. The molecule has 118 valence electrons. The summed E-state index contributed by atoms with van der Waals surface area (Å²) in [4.78, 5) is 10.2. The molecule has 2 heterocycles. The fourth-order valence-corrected chi connectivity index (χ4v) is 2.63. The van der Waals surface area contributed by atoms with Gasteiger partial charge in [-0.2, -0.15) is 0 Å². The van der Waals surface area contributed by atoms with Crippen LogP contribution in [0.2, 0.25) is 5.15 Å². The van der Waals surface area contributed by atoms with E-state index in [4.69, 9.17) is 21.1 Å². The number of hydrogen-bond acceptors (Lipinski definition) is 5. The van der Waals surface area contributed by atoms with Crippen LogP contribution in [0.25, 0.3) is 10.9 Å². The number of halogens is 2. The predicted octanol–water partition coefficient (Wildman–Crippen LogP) is 2.52. The van der Waals surface area contributed by atoms with Gasteiger partial charge in [-0.3, -0.25) is 4.90 Å². The molecule has 7 heteroatoms. The summed E-state index contributed by atoms with van der Waals surface area (Å²) in [6, 6.07) is 2.88. The molecule has 0 N–H and O–H groups in total. The van der Waals surface area contributed by atoms with Crippen LogP contribution >= 0.6 is 11.6 Å². The summed E-state index contributed by atoms with van der Waals surface area (Å²) in [7, 11) is 0. The second-order valence-corrected chi connectivity index (χ2v) is 5.48. The SMILES string of the molecule is Fc1cc2ncnc(Cl)c2cc1OCCCN1CCOCC1. The van der Waals surface area contributed by atoms with Crippen molar-refractivity contribution in [1.29, 1.82) is 0 Å². The third-order valence-corrected chi connectivity index (χ3v) is 3.92. The van der Waals surface area contributed by atoms with E-state index in [2.05, 4.69) is 14.9 Å². The fraction of sp³-hybridized carbons (Fsp3) is 0.467. The highest BCUT2D eigenvalue weighted by molar-refractivity contribution is 6.34. The maximum atomic E-state index is 14.0. The molecule has 22 heavy (non-hydrogen) atoms. The van der Waals surface area contributed by atoms with E-state index in [-0.39, 0.29) is 5.75 Å². The molecule has 0 saturated carbocycles. The Kier molecular flexibility index (Phi) is 5.02. The second-order valence-electron chi connectivity index (χ2n) is 5.12. The molecule has 0 spiro atoms. The van der Waals surface area contributed by atoms with Gasteiger partial charge in [-0.25, -0.2) is 14.4 Å². The van der Waals surface area contributed by atoms with E-state index < -0.39 is 5.82 Å². The number of ether oxygens (including phenoxy) is 2. The van der Waals surface area contributed by atoms with Crippen LogP contribution in [0, 0.1) is 5.82 Å². The molecule has 2 aromatic rings. The highest BCUT2D eigenvalue weighted by Crippen LogP contribution is 2.27. The van der Waals surface area contributed by atoms with Gasteiger partial charge >= 0.3 is 0 Å². The lowest BCUT2D eigenvalue weighted by Gasteiger charge is -2.26. The number of nitrogens with zero attached hydrogens (tertiary/aromatic N) is 3. The lowest BCUT2D eigenvalue weighted by molar-refractivity contribution is 0.0357. The second kappa shape index (κ2) is 7.17. The third kappa shape index (κ3) is 3.63. The number of aromatic nitrogens is 2. The van der Waals surface area contributed by atoms with E-state index in [0.717, 1.165) is 39.3 Å². The third-order valence-electron chi connectivity index (χ3n) is 3.62. The predicted molar refractivity (Wildman–Crippen MR) is 81.9 cm³/mol. The molecular formula is C15H17ClFN3O2. The Morgan fingerprint density at radius 1 is 1.27 bits per heavy atom. The van der Waals surface area contributed by atoms with Gasteiger partial charge in [-0.15, -0.1) is 0 Å². The van der Waals surface area contributed by atoms with Crippen LogP contribution in [0.1, 0.15) is 6.42 Å². The summed E-state index contributed by atoms with van der Waals surface area (Å²) < 4.78 is 24.8. The van der Waals surface area contributed by atoms with Gasteiger partial charge in [-0.05, 0) is 12.5 Å². The Morgan fingerprint density at radius 3 is 2.91 bits per heavy atom. The first-order valence-electron chi connectivity index (χ1n) is 7.27. The lowest BCUT2D eigenvalue weighted by Crippen LogP contribution is -2.37. The smallest absolute Gasteiger partial charge is 0.167 e. The summed E-state index contributed by atoms with van der Waals surface area (Å²) >= 11 is 6.00. The van der Waals surface area contributed by atoms with Crippen LogP contribution < -0.4 is 4.74 Å². The Labute approximate surface area is 133 Å². The molecule has 0 radical (unpaired) electrons. The van der Waals surface area contributed by atoms with Crippen molar-refractivity contribution in [2.24, 2.45) is 0 Å². The van der Waals surface area contributed by atoms with Gasteiger partial charge in [0.15, 0.2) is 11.6 Å². The fourth-order valence-electron chi connectivity index (χ4n) is 2.43. The molecule has 1 saturated heterocycles. The zero-order valence-electron chi connectivity index (χ0n) is 12.1. The standard InChI is InChI=1S/C15H17ClFN3O2/c16-15-11-8-14(12(17)9-13(11)18-10-19-15)22-5-1-2-20-3-6-21-7-4-20/h8-10H,1-7H2. The number of benzene rings is 1. The minimum absolute atomic E-state index is 0.186. The maximum absolute atomic E-state index is 14.0. The highest BCUT2D eigenvalue weighted by Gasteiger charge is 2.11. The van der Waals surface area contributed by atoms with E-state index >= 15 is 0 Å². The van der Waals surface area contributed by atoms with Crippen LogP contribution in [0.3, 0.4) is 0 Å². The molecule has 1 aliphatic heterocycles. The van der Waals surface area contributed by atoms with Crippen molar-refractivity contribution in [2.75, 3.05) is 39.5 Å². The summed E-state index contributed by atoms with van der Waals surface area (Å²) in [5, 5.41) is 0.886. The van der Waals surface area contributed by atoms with Gasteiger partial charge in [0.1, 0.15) is 11.5 Å². The maximum Gasteiger partial charge on any atom is 0.167 e. The summed E-state index contributed by atoms with van der Waals surface area (Å²) in [5.41, 5.74) is 0.471. The van der Waals surface area contributed by atoms with E-state index in [1.807, 2.05) is 0 Å². The molecule has 0 atom stereocenters. The Morgan fingerprint density at radius 2 is 2.09 bits per heavy atom. The molecule has 1 aliphatic rings. The Bertz CT molecular complexity index is 650. The van der Waals surface area contributed by atoms with Gasteiger partial charge in [0.25, 0.3) is 0 Å². The average Bonchev–Trinajstić information content (AvgIpc) is 2.53. The molecular weight excluding hydrogens is 309 g/mol. The first kappa shape index (κ1) is 15.4. The quantitative estimate of drug-likeness (QED) is 0.624.